The van der Waals surface area contributed by atoms with Gasteiger partial charge in [-0.2, -0.15) is 0 Å². The van der Waals surface area contributed by atoms with Gasteiger partial charge in [-0.1, -0.05) is 11.8 Å². The van der Waals surface area contributed by atoms with E-state index in [4.69, 9.17) is 11.5 Å². The quantitative estimate of drug-likeness (QED) is 0.650. The molecule has 16 heavy (non-hydrogen) atoms. The van der Waals surface area contributed by atoms with E-state index in [1.807, 2.05) is 0 Å². The maximum atomic E-state index is 11.4. The van der Waals surface area contributed by atoms with Crippen molar-refractivity contribution in [3.63, 3.8) is 0 Å². The first-order chi connectivity index (χ1) is 7.47. The van der Waals surface area contributed by atoms with Gasteiger partial charge in [0.2, 0.25) is 5.91 Å². The van der Waals surface area contributed by atoms with Crippen LogP contribution in [0.25, 0.3) is 0 Å². The molecule has 0 bridgehead atoms. The molecule has 2 atom stereocenters. The maximum Gasteiger partial charge on any atom is 0.314 e. The highest BCUT2D eigenvalue weighted by Crippen LogP contribution is 2.52. The van der Waals surface area contributed by atoms with E-state index in [2.05, 4.69) is 0 Å². The van der Waals surface area contributed by atoms with E-state index in [1.54, 1.807) is 0 Å². The Morgan fingerprint density at radius 3 is 2.56 bits per heavy atom. The molecule has 0 unspecified atom stereocenters. The summed E-state index contributed by atoms with van der Waals surface area (Å²) in [4.78, 5) is 22.1. The Bertz CT molecular complexity index is 394. The van der Waals surface area contributed by atoms with E-state index in [0.29, 0.717) is 6.42 Å². The summed E-state index contributed by atoms with van der Waals surface area (Å²) in [5.41, 5.74) is 11.9. The zero-order valence-corrected chi connectivity index (χ0v) is 9.55. The van der Waals surface area contributed by atoms with Crippen molar-refractivity contribution in [2.24, 2.45) is 17.4 Å². The minimum absolute atomic E-state index is 0.714. The number of thioether (sulfide) groups is 1. The number of allylic oxidation sites excluding steroid dienone is 1. The average Bonchev–Trinajstić information content (AvgIpc) is 2.51. The molecule has 1 aliphatic heterocycles. The van der Waals surface area contributed by atoms with Gasteiger partial charge < -0.3 is 16.6 Å². The predicted molar refractivity (Wildman–Crippen MR) is 60.3 cm³/mol. The first-order valence-electron chi connectivity index (χ1n) is 5.19. The highest BCUT2D eigenvalue weighted by molar-refractivity contribution is 8.05. The molecule has 1 aliphatic carbocycles. The van der Waals surface area contributed by atoms with Crippen molar-refractivity contribution < 1.29 is 14.7 Å². The summed E-state index contributed by atoms with van der Waals surface area (Å²) in [5, 5.41) is 9.20. The Balaban J connectivity index is 2.42. The van der Waals surface area contributed by atoms with Gasteiger partial charge in [-0.3, -0.25) is 9.59 Å². The molecule has 0 spiro atoms. The van der Waals surface area contributed by atoms with Gasteiger partial charge in [0, 0.05) is 0 Å². The van der Waals surface area contributed by atoms with Gasteiger partial charge in [0.1, 0.15) is 5.92 Å². The number of rotatable bonds is 2. The largest absolute Gasteiger partial charge is 0.481 e. The lowest BCUT2D eigenvalue weighted by molar-refractivity contribution is -0.143. The summed E-state index contributed by atoms with van der Waals surface area (Å²) < 4.78 is 0. The van der Waals surface area contributed by atoms with Crippen LogP contribution in [0.2, 0.25) is 0 Å². The van der Waals surface area contributed by atoms with Crippen LogP contribution in [0.1, 0.15) is 25.7 Å². The Morgan fingerprint density at radius 1 is 1.38 bits per heavy atom. The van der Waals surface area contributed by atoms with Crippen LogP contribution in [0.5, 0.6) is 0 Å². The minimum Gasteiger partial charge on any atom is -0.481 e. The number of hydrogen-bond donors (Lipinski definition) is 3. The summed E-state index contributed by atoms with van der Waals surface area (Å²) in [7, 11) is 0. The van der Waals surface area contributed by atoms with Crippen LogP contribution in [-0.2, 0) is 9.59 Å². The average molecular weight is 242 g/mol. The van der Waals surface area contributed by atoms with Gasteiger partial charge >= 0.3 is 5.97 Å². The molecule has 2 aliphatic rings. The van der Waals surface area contributed by atoms with Crippen molar-refractivity contribution in [2.45, 2.75) is 30.6 Å². The molecule has 0 aromatic carbocycles. The number of carbonyl (C=O) groups is 2. The topological polar surface area (TPSA) is 106 Å². The van der Waals surface area contributed by atoms with E-state index in [1.165, 1.54) is 0 Å². The van der Waals surface area contributed by atoms with Crippen LogP contribution < -0.4 is 11.5 Å². The van der Waals surface area contributed by atoms with Crippen LogP contribution in [0, 0.1) is 5.92 Å². The Labute approximate surface area is 97.2 Å². The highest BCUT2D eigenvalue weighted by Gasteiger charge is 2.54. The second-order valence-electron chi connectivity index (χ2n) is 4.19. The summed E-state index contributed by atoms with van der Waals surface area (Å²) >= 11 is 1.14. The van der Waals surface area contributed by atoms with E-state index in [-0.39, 0.29) is 0 Å². The van der Waals surface area contributed by atoms with Crippen LogP contribution >= 0.6 is 11.8 Å². The molecule has 5 nitrogen and oxygen atoms in total. The van der Waals surface area contributed by atoms with Crippen LogP contribution in [0.3, 0.4) is 0 Å². The third-order valence-electron chi connectivity index (χ3n) is 3.16. The lowest BCUT2D eigenvalue weighted by atomic mass is 9.84. The van der Waals surface area contributed by atoms with Gasteiger partial charge in [-0.25, -0.2) is 0 Å². The molecule has 0 saturated heterocycles. The molecule has 6 heteroatoms. The Kier molecular flexibility index (Phi) is 2.71. The first-order valence-corrected chi connectivity index (χ1v) is 6.01. The molecule has 1 heterocycles. The third-order valence-corrected chi connectivity index (χ3v) is 4.65. The fraction of sp³-hybridized carbons (Fsp3) is 0.600. The van der Waals surface area contributed by atoms with Crippen molar-refractivity contribution in [3.05, 3.63) is 10.5 Å². The van der Waals surface area contributed by atoms with Crippen molar-refractivity contribution in [1.82, 2.24) is 0 Å². The smallest absolute Gasteiger partial charge is 0.314 e. The van der Waals surface area contributed by atoms with Crippen LogP contribution in [0.15, 0.2) is 10.5 Å². The minimum atomic E-state index is -1.50. The van der Waals surface area contributed by atoms with Crippen LogP contribution in [-0.4, -0.2) is 21.9 Å². The number of carboxylic acid groups (broad SMARTS) is 1. The third kappa shape index (κ3) is 1.53. The highest BCUT2D eigenvalue weighted by atomic mass is 32.2. The van der Waals surface area contributed by atoms with Gasteiger partial charge in [-0.15, -0.1) is 0 Å². The maximum absolute atomic E-state index is 11.4. The molecule has 5 N–H and O–H groups in total. The van der Waals surface area contributed by atoms with Crippen molar-refractivity contribution in [2.75, 3.05) is 0 Å². The monoisotopic (exact) mass is 242 g/mol. The van der Waals surface area contributed by atoms with E-state index in [0.717, 1.165) is 41.5 Å². The van der Waals surface area contributed by atoms with E-state index < -0.39 is 22.7 Å². The number of aliphatic carboxylic acids is 1. The lowest BCUT2D eigenvalue weighted by Gasteiger charge is -2.25. The van der Waals surface area contributed by atoms with Crippen molar-refractivity contribution >= 4 is 23.6 Å². The molecule has 1 amide bonds. The van der Waals surface area contributed by atoms with E-state index in [9.17, 15) is 14.7 Å². The van der Waals surface area contributed by atoms with Gasteiger partial charge in [-0.05, 0) is 36.2 Å². The Hall–Kier alpha value is -1.01. The van der Waals surface area contributed by atoms with E-state index >= 15 is 0 Å². The lowest BCUT2D eigenvalue weighted by Crippen LogP contribution is -2.55. The molecular weight excluding hydrogens is 228 g/mol. The molecule has 2 rings (SSSR count). The first kappa shape index (κ1) is 11.5. The van der Waals surface area contributed by atoms with Crippen molar-refractivity contribution in [1.29, 1.82) is 0 Å². The van der Waals surface area contributed by atoms with Crippen molar-refractivity contribution in [3.8, 4) is 0 Å². The summed E-state index contributed by atoms with van der Waals surface area (Å²) in [6.07, 6.45) is 3.51. The zero-order valence-electron chi connectivity index (χ0n) is 8.73. The van der Waals surface area contributed by atoms with Gasteiger partial charge in [0.05, 0.1) is 0 Å². The standard InChI is InChI=1S/C10H14N2O3S/c11-9(15)10(12)7(8(13)14)5-3-1-2-4-6(5)16-10/h7H,1-4,12H2,(H2,11,15)(H,13,14)/t7-,10+/m0/s1. The zero-order chi connectivity index (χ0) is 11.9. The molecular formula is C10H14N2O3S. The summed E-state index contributed by atoms with van der Waals surface area (Å²) in [5.74, 6) is -2.76. The van der Waals surface area contributed by atoms with Gasteiger partial charge in [0.25, 0.3) is 0 Å². The Morgan fingerprint density at radius 2 is 2.00 bits per heavy atom. The normalized spacial score (nSPS) is 33.7. The number of amides is 1. The molecule has 0 aromatic rings. The molecule has 0 fully saturated rings. The number of carboxylic acids is 1. The fourth-order valence-electron chi connectivity index (χ4n) is 2.37. The number of primary amides is 1. The SMILES string of the molecule is NC(=O)[C@]1(N)SC2=C(CCCC2)[C@H]1C(=O)O. The summed E-state index contributed by atoms with van der Waals surface area (Å²) in [6.45, 7) is 0. The summed E-state index contributed by atoms with van der Waals surface area (Å²) in [6, 6.07) is 0. The molecule has 0 aromatic heterocycles. The van der Waals surface area contributed by atoms with Gasteiger partial charge in [0.15, 0.2) is 4.87 Å². The second kappa shape index (κ2) is 3.78. The van der Waals surface area contributed by atoms with Crippen LogP contribution in [0.4, 0.5) is 0 Å². The molecule has 0 saturated carbocycles. The second-order valence-corrected chi connectivity index (χ2v) is 5.56. The number of nitrogens with two attached hydrogens (primary N) is 2. The predicted octanol–water partition coefficient (Wildman–Crippen LogP) is 0.402. The number of carbonyl (C=O) groups excluding carboxylic acids is 1. The molecule has 88 valence electrons. The molecule has 0 radical (unpaired) electrons. The number of hydrogen-bond acceptors (Lipinski definition) is 4. The fourth-order valence-corrected chi connectivity index (χ4v) is 3.84.